The standard InChI is InChI=1S/C24H15NO5/c1-25-22-14(4-2-13-7-20-21(9-15(13)22)29-10-28-20)17-8-16-12(6-18(17)24(25)26)3-5-19-23(16)30-11-27-19/h2-9H,10-11H2,1H3. The Morgan fingerprint density at radius 1 is 0.667 bits per heavy atom. The first-order chi connectivity index (χ1) is 14.7. The van der Waals surface area contributed by atoms with Crippen LogP contribution >= 0.6 is 0 Å². The van der Waals surface area contributed by atoms with Crippen LogP contribution in [0.2, 0.25) is 0 Å². The minimum absolute atomic E-state index is 0.0396. The van der Waals surface area contributed by atoms with E-state index in [4.69, 9.17) is 18.9 Å². The third-order valence-electron chi connectivity index (χ3n) is 6.14. The van der Waals surface area contributed by atoms with Gasteiger partial charge in [0.2, 0.25) is 13.6 Å². The Labute approximate surface area is 169 Å². The molecule has 4 aromatic carbocycles. The average Bonchev–Trinajstić information content (AvgIpc) is 3.43. The molecule has 0 spiro atoms. The van der Waals surface area contributed by atoms with Crippen molar-refractivity contribution in [2.75, 3.05) is 13.6 Å². The number of aryl methyl sites for hydroxylation is 1. The molecule has 0 saturated carbocycles. The maximum atomic E-state index is 13.3. The third-order valence-corrected chi connectivity index (χ3v) is 6.14. The van der Waals surface area contributed by atoms with E-state index in [9.17, 15) is 4.79 Å². The van der Waals surface area contributed by atoms with Gasteiger partial charge in [0.25, 0.3) is 5.56 Å². The number of hydrogen-bond acceptors (Lipinski definition) is 5. The highest BCUT2D eigenvalue weighted by molar-refractivity contribution is 6.18. The van der Waals surface area contributed by atoms with Gasteiger partial charge in [-0.25, -0.2) is 0 Å². The quantitative estimate of drug-likeness (QED) is 0.285. The fourth-order valence-electron chi connectivity index (χ4n) is 4.70. The van der Waals surface area contributed by atoms with E-state index < -0.39 is 0 Å². The maximum absolute atomic E-state index is 13.3. The van der Waals surface area contributed by atoms with Gasteiger partial charge in [0.05, 0.1) is 5.52 Å². The van der Waals surface area contributed by atoms with Gasteiger partial charge in [0.1, 0.15) is 0 Å². The highest BCUT2D eigenvalue weighted by Crippen LogP contribution is 2.43. The number of aromatic nitrogens is 1. The Bertz CT molecular complexity index is 1630. The van der Waals surface area contributed by atoms with Gasteiger partial charge < -0.3 is 23.5 Å². The van der Waals surface area contributed by atoms with Crippen molar-refractivity contribution in [3.05, 3.63) is 58.9 Å². The molecule has 0 saturated heterocycles. The van der Waals surface area contributed by atoms with Crippen molar-refractivity contribution >= 4 is 43.2 Å². The summed E-state index contributed by atoms with van der Waals surface area (Å²) in [6.45, 7) is 0.423. The Morgan fingerprint density at radius 3 is 2.30 bits per heavy atom. The van der Waals surface area contributed by atoms with Crippen LogP contribution in [0.1, 0.15) is 0 Å². The van der Waals surface area contributed by atoms with E-state index in [2.05, 4.69) is 12.1 Å². The second-order valence-corrected chi connectivity index (χ2v) is 7.67. The molecule has 0 bridgehead atoms. The number of pyridine rings is 1. The van der Waals surface area contributed by atoms with Gasteiger partial charge in [-0.2, -0.15) is 0 Å². The van der Waals surface area contributed by atoms with Crippen LogP contribution in [0.3, 0.4) is 0 Å². The molecule has 1 aromatic heterocycles. The van der Waals surface area contributed by atoms with Crippen molar-refractivity contribution in [2.24, 2.45) is 7.05 Å². The van der Waals surface area contributed by atoms with Crippen LogP contribution < -0.4 is 24.5 Å². The summed E-state index contributed by atoms with van der Waals surface area (Å²) in [6.07, 6.45) is 0. The zero-order valence-electron chi connectivity index (χ0n) is 16.0. The van der Waals surface area contributed by atoms with Gasteiger partial charge in [-0.15, -0.1) is 0 Å². The van der Waals surface area contributed by atoms with E-state index in [0.717, 1.165) is 55.1 Å². The first-order valence-electron chi connectivity index (χ1n) is 9.70. The zero-order valence-corrected chi connectivity index (χ0v) is 16.0. The third kappa shape index (κ3) is 1.90. The number of rotatable bonds is 0. The lowest BCUT2D eigenvalue weighted by atomic mass is 9.97. The molecule has 5 aromatic rings. The summed E-state index contributed by atoms with van der Waals surface area (Å²) in [5, 5.41) is 6.42. The lowest BCUT2D eigenvalue weighted by Crippen LogP contribution is -2.17. The lowest BCUT2D eigenvalue weighted by Gasteiger charge is -2.14. The van der Waals surface area contributed by atoms with Crippen LogP contribution in [0, 0.1) is 0 Å². The number of nitrogens with zero attached hydrogens (tertiary/aromatic N) is 1. The van der Waals surface area contributed by atoms with E-state index in [0.29, 0.717) is 11.1 Å². The van der Waals surface area contributed by atoms with E-state index in [1.807, 2.05) is 43.4 Å². The maximum Gasteiger partial charge on any atom is 0.258 e. The highest BCUT2D eigenvalue weighted by Gasteiger charge is 2.21. The fourth-order valence-corrected chi connectivity index (χ4v) is 4.70. The first-order valence-corrected chi connectivity index (χ1v) is 9.70. The normalized spacial score (nSPS) is 14.4. The van der Waals surface area contributed by atoms with Crippen molar-refractivity contribution in [3.8, 4) is 23.0 Å². The topological polar surface area (TPSA) is 58.9 Å². The average molecular weight is 397 g/mol. The van der Waals surface area contributed by atoms with Crippen LogP contribution in [0.15, 0.2) is 53.3 Å². The van der Waals surface area contributed by atoms with E-state index in [1.54, 1.807) is 4.57 Å². The van der Waals surface area contributed by atoms with Gasteiger partial charge in [0.15, 0.2) is 23.0 Å². The monoisotopic (exact) mass is 397 g/mol. The molecule has 0 N–H and O–H groups in total. The molecule has 146 valence electrons. The molecule has 6 nitrogen and oxygen atoms in total. The summed E-state index contributed by atoms with van der Waals surface area (Å²) in [4.78, 5) is 13.3. The molecule has 0 fully saturated rings. The Kier molecular flexibility index (Phi) is 2.84. The number of fused-ring (bicyclic) bond motifs is 9. The Morgan fingerprint density at radius 2 is 1.40 bits per heavy atom. The molecule has 0 unspecified atom stereocenters. The van der Waals surface area contributed by atoms with Crippen molar-refractivity contribution in [1.82, 2.24) is 4.57 Å². The predicted octanol–water partition coefficient (Wildman–Crippen LogP) is 4.46. The Hall–Kier alpha value is -3.93. The number of ether oxygens (including phenoxy) is 4. The summed E-state index contributed by atoms with van der Waals surface area (Å²) in [6, 6.07) is 15.9. The highest BCUT2D eigenvalue weighted by atomic mass is 16.7. The van der Waals surface area contributed by atoms with Crippen molar-refractivity contribution in [2.45, 2.75) is 0 Å². The van der Waals surface area contributed by atoms with Crippen molar-refractivity contribution in [1.29, 1.82) is 0 Å². The van der Waals surface area contributed by atoms with Crippen LogP contribution in [0.5, 0.6) is 23.0 Å². The summed E-state index contributed by atoms with van der Waals surface area (Å²) in [5.41, 5.74) is 0.828. The second-order valence-electron chi connectivity index (χ2n) is 7.67. The Balaban J connectivity index is 1.69. The lowest BCUT2D eigenvalue weighted by molar-refractivity contribution is 0.174. The summed E-state index contributed by atoms with van der Waals surface area (Å²) in [5.74, 6) is 2.89. The van der Waals surface area contributed by atoms with Crippen LogP contribution in [0.4, 0.5) is 0 Å². The minimum Gasteiger partial charge on any atom is -0.454 e. The summed E-state index contributed by atoms with van der Waals surface area (Å²) in [7, 11) is 1.82. The van der Waals surface area contributed by atoms with E-state index >= 15 is 0 Å². The van der Waals surface area contributed by atoms with Crippen LogP contribution in [-0.2, 0) is 7.05 Å². The molecule has 0 radical (unpaired) electrons. The molecule has 0 aliphatic carbocycles. The largest absolute Gasteiger partial charge is 0.454 e. The molecule has 6 heteroatoms. The minimum atomic E-state index is -0.0396. The molecule has 3 heterocycles. The van der Waals surface area contributed by atoms with Gasteiger partial charge in [-0.05, 0) is 46.5 Å². The summed E-state index contributed by atoms with van der Waals surface area (Å²) >= 11 is 0. The van der Waals surface area contributed by atoms with Gasteiger partial charge in [0, 0.05) is 28.6 Å². The molecular formula is C24H15NO5. The smallest absolute Gasteiger partial charge is 0.258 e. The SMILES string of the molecule is Cn1c(=O)c2cc3ccc4c(c3cc2c2ccc3cc5c(cc3c21)OCO5)OCO4. The summed E-state index contributed by atoms with van der Waals surface area (Å²) < 4.78 is 24.1. The predicted molar refractivity (Wildman–Crippen MR) is 114 cm³/mol. The number of benzene rings is 4. The fraction of sp³-hybridized carbons (Fsp3) is 0.125. The number of hydrogen-bond donors (Lipinski definition) is 0. The van der Waals surface area contributed by atoms with E-state index in [-0.39, 0.29) is 19.1 Å². The van der Waals surface area contributed by atoms with E-state index in [1.165, 1.54) is 0 Å². The molecule has 7 rings (SSSR count). The molecular weight excluding hydrogens is 382 g/mol. The molecule has 2 aliphatic rings. The van der Waals surface area contributed by atoms with Crippen LogP contribution in [-0.4, -0.2) is 18.2 Å². The first kappa shape index (κ1) is 15.9. The van der Waals surface area contributed by atoms with Crippen molar-refractivity contribution < 1.29 is 18.9 Å². The van der Waals surface area contributed by atoms with Gasteiger partial charge in [-0.1, -0.05) is 18.2 Å². The van der Waals surface area contributed by atoms with Crippen molar-refractivity contribution in [3.63, 3.8) is 0 Å². The zero-order chi connectivity index (χ0) is 20.0. The molecule has 0 atom stereocenters. The van der Waals surface area contributed by atoms with Gasteiger partial charge in [-0.3, -0.25) is 4.79 Å². The van der Waals surface area contributed by atoms with Crippen LogP contribution in [0.25, 0.3) is 43.2 Å². The molecule has 0 amide bonds. The molecule has 30 heavy (non-hydrogen) atoms. The van der Waals surface area contributed by atoms with Gasteiger partial charge >= 0.3 is 0 Å². The second kappa shape index (κ2) is 5.36. The molecule has 2 aliphatic heterocycles.